The van der Waals surface area contributed by atoms with Gasteiger partial charge in [0.2, 0.25) is 0 Å². The number of carbonyl (C=O) groups is 2. The number of ether oxygens (including phenoxy) is 2. The minimum Gasteiger partial charge on any atom is -0.496 e. The maximum Gasteiger partial charge on any atom is 0.408 e. The minimum absolute atomic E-state index is 0.119. The molecule has 0 aliphatic heterocycles. The molecule has 6 heteroatoms. The fourth-order valence-corrected chi connectivity index (χ4v) is 2.17. The van der Waals surface area contributed by atoms with Gasteiger partial charge in [-0.25, -0.2) is 4.79 Å². The smallest absolute Gasteiger partial charge is 0.408 e. The van der Waals surface area contributed by atoms with Crippen molar-refractivity contribution >= 4 is 12.1 Å². The second-order valence-corrected chi connectivity index (χ2v) is 5.31. The van der Waals surface area contributed by atoms with Crippen molar-refractivity contribution in [1.82, 2.24) is 5.32 Å². The predicted molar refractivity (Wildman–Crippen MR) is 95.8 cm³/mol. The zero-order valence-electron chi connectivity index (χ0n) is 14.3. The highest BCUT2D eigenvalue weighted by atomic mass is 16.5. The van der Waals surface area contributed by atoms with Crippen molar-refractivity contribution in [2.24, 2.45) is 0 Å². The molecule has 134 valence electrons. The standard InChI is InChI=1S/C20H19NO5/c1-25-18-12-15(9-10-17(18)13-19(22)23)8-5-11-21-20(24)26-14-16-6-3-2-4-7-16/h2-4,6-7,9-10,12H,11,13-14H2,1H3,(H,21,24)(H,22,23). The van der Waals surface area contributed by atoms with Gasteiger partial charge in [-0.05, 0) is 17.7 Å². The predicted octanol–water partition coefficient (Wildman–Crippen LogP) is 2.60. The lowest BCUT2D eigenvalue weighted by molar-refractivity contribution is -0.136. The van der Waals surface area contributed by atoms with E-state index in [9.17, 15) is 9.59 Å². The van der Waals surface area contributed by atoms with Crippen LogP contribution in [0.4, 0.5) is 4.79 Å². The van der Waals surface area contributed by atoms with E-state index >= 15 is 0 Å². The second kappa shape index (κ2) is 9.74. The lowest BCUT2D eigenvalue weighted by atomic mass is 10.1. The molecule has 0 atom stereocenters. The van der Waals surface area contributed by atoms with Gasteiger partial charge in [0.1, 0.15) is 12.4 Å². The van der Waals surface area contributed by atoms with Crippen molar-refractivity contribution in [1.29, 1.82) is 0 Å². The number of carboxylic acids is 1. The van der Waals surface area contributed by atoms with E-state index in [1.165, 1.54) is 7.11 Å². The molecular formula is C20H19NO5. The summed E-state index contributed by atoms with van der Waals surface area (Å²) in [5.74, 6) is 5.23. The van der Waals surface area contributed by atoms with E-state index < -0.39 is 12.1 Å². The van der Waals surface area contributed by atoms with Crippen LogP contribution >= 0.6 is 0 Å². The number of benzene rings is 2. The van der Waals surface area contributed by atoms with Crippen molar-refractivity contribution in [3.8, 4) is 17.6 Å². The molecular weight excluding hydrogens is 334 g/mol. The highest BCUT2D eigenvalue weighted by molar-refractivity contribution is 5.71. The molecule has 0 heterocycles. The van der Waals surface area contributed by atoms with Gasteiger partial charge >= 0.3 is 12.1 Å². The van der Waals surface area contributed by atoms with Crippen LogP contribution in [0.5, 0.6) is 5.75 Å². The summed E-state index contributed by atoms with van der Waals surface area (Å²) in [6.07, 6.45) is -0.663. The highest BCUT2D eigenvalue weighted by Crippen LogP contribution is 2.20. The van der Waals surface area contributed by atoms with Crippen molar-refractivity contribution in [3.05, 3.63) is 65.2 Å². The number of carboxylic acid groups (broad SMARTS) is 1. The maximum absolute atomic E-state index is 11.6. The van der Waals surface area contributed by atoms with Gasteiger partial charge in [-0.3, -0.25) is 4.79 Å². The van der Waals surface area contributed by atoms with Crippen LogP contribution in [0.25, 0.3) is 0 Å². The van der Waals surface area contributed by atoms with Gasteiger partial charge in [0, 0.05) is 11.1 Å². The third-order valence-electron chi connectivity index (χ3n) is 3.40. The molecule has 0 saturated heterocycles. The molecule has 0 unspecified atom stereocenters. The monoisotopic (exact) mass is 353 g/mol. The third kappa shape index (κ3) is 6.21. The number of rotatable bonds is 6. The summed E-state index contributed by atoms with van der Waals surface area (Å²) in [6, 6.07) is 14.4. The van der Waals surface area contributed by atoms with Gasteiger partial charge < -0.3 is 19.9 Å². The summed E-state index contributed by atoms with van der Waals surface area (Å²) in [6.45, 7) is 0.329. The first-order valence-corrected chi connectivity index (χ1v) is 7.90. The van der Waals surface area contributed by atoms with Crippen LogP contribution in [0.2, 0.25) is 0 Å². The lowest BCUT2D eigenvalue weighted by Gasteiger charge is -2.06. The molecule has 2 aromatic rings. The molecule has 0 aliphatic carbocycles. The van der Waals surface area contributed by atoms with E-state index in [-0.39, 0.29) is 19.6 Å². The first-order chi connectivity index (χ1) is 12.6. The quantitative estimate of drug-likeness (QED) is 0.780. The van der Waals surface area contributed by atoms with Crippen molar-refractivity contribution in [3.63, 3.8) is 0 Å². The van der Waals surface area contributed by atoms with Gasteiger partial charge in [0.05, 0.1) is 20.1 Å². The first-order valence-electron chi connectivity index (χ1n) is 7.90. The molecule has 0 saturated carbocycles. The van der Waals surface area contributed by atoms with Gasteiger partial charge in [-0.1, -0.05) is 48.2 Å². The van der Waals surface area contributed by atoms with E-state index in [1.54, 1.807) is 18.2 Å². The lowest BCUT2D eigenvalue weighted by Crippen LogP contribution is -2.24. The molecule has 0 aromatic heterocycles. The van der Waals surface area contributed by atoms with Crippen LogP contribution in [-0.4, -0.2) is 30.8 Å². The van der Waals surface area contributed by atoms with Crippen LogP contribution < -0.4 is 10.1 Å². The molecule has 26 heavy (non-hydrogen) atoms. The Morgan fingerprint density at radius 2 is 1.92 bits per heavy atom. The van der Waals surface area contributed by atoms with Crippen LogP contribution in [0.1, 0.15) is 16.7 Å². The van der Waals surface area contributed by atoms with E-state index in [4.69, 9.17) is 14.6 Å². The van der Waals surface area contributed by atoms with Crippen LogP contribution in [0.3, 0.4) is 0 Å². The Morgan fingerprint density at radius 1 is 1.15 bits per heavy atom. The molecule has 0 radical (unpaired) electrons. The molecule has 2 N–H and O–H groups in total. The normalized spacial score (nSPS) is 9.58. The number of amides is 1. The zero-order chi connectivity index (χ0) is 18.8. The number of hydrogen-bond acceptors (Lipinski definition) is 4. The van der Waals surface area contributed by atoms with Gasteiger partial charge in [0.15, 0.2) is 0 Å². The number of alkyl carbamates (subject to hydrolysis) is 1. The summed E-state index contributed by atoms with van der Waals surface area (Å²) in [7, 11) is 1.47. The molecule has 2 rings (SSSR count). The van der Waals surface area contributed by atoms with E-state index in [0.717, 1.165) is 5.56 Å². The molecule has 0 fully saturated rings. The number of methoxy groups -OCH3 is 1. The first kappa shape index (κ1) is 18.9. The van der Waals surface area contributed by atoms with Crippen molar-refractivity contribution in [2.75, 3.05) is 13.7 Å². The van der Waals surface area contributed by atoms with E-state index in [1.807, 2.05) is 30.3 Å². The molecule has 0 spiro atoms. The fraction of sp³-hybridized carbons (Fsp3) is 0.200. The number of nitrogens with one attached hydrogen (secondary N) is 1. The SMILES string of the molecule is COc1cc(C#CCNC(=O)OCc2ccccc2)ccc1CC(=O)O. The van der Waals surface area contributed by atoms with Gasteiger partial charge in [-0.15, -0.1) is 0 Å². The topological polar surface area (TPSA) is 84.9 Å². The minimum atomic E-state index is -0.930. The molecule has 1 amide bonds. The highest BCUT2D eigenvalue weighted by Gasteiger charge is 2.07. The van der Waals surface area contributed by atoms with Gasteiger partial charge in [-0.2, -0.15) is 0 Å². The third-order valence-corrected chi connectivity index (χ3v) is 3.40. The Labute approximate surface area is 151 Å². The number of hydrogen-bond donors (Lipinski definition) is 2. The Hall–Kier alpha value is -3.46. The fourth-order valence-electron chi connectivity index (χ4n) is 2.17. The largest absolute Gasteiger partial charge is 0.496 e. The Bertz CT molecular complexity index is 821. The van der Waals surface area contributed by atoms with Crippen LogP contribution in [0.15, 0.2) is 48.5 Å². The van der Waals surface area contributed by atoms with Crippen molar-refractivity contribution < 1.29 is 24.2 Å². The molecule has 0 aliphatic rings. The Balaban J connectivity index is 1.83. The Kier molecular flexibility index (Phi) is 7.07. The average molecular weight is 353 g/mol. The average Bonchev–Trinajstić information content (AvgIpc) is 2.65. The summed E-state index contributed by atoms with van der Waals surface area (Å²) in [5.41, 5.74) is 2.14. The van der Waals surface area contributed by atoms with Crippen LogP contribution in [-0.2, 0) is 22.6 Å². The molecule has 0 bridgehead atoms. The zero-order valence-corrected chi connectivity index (χ0v) is 14.3. The van der Waals surface area contributed by atoms with E-state index in [0.29, 0.717) is 16.9 Å². The molecule has 2 aromatic carbocycles. The number of carbonyl (C=O) groups excluding carboxylic acids is 1. The number of aliphatic carboxylic acids is 1. The summed E-state index contributed by atoms with van der Waals surface area (Å²) in [5, 5.41) is 11.4. The van der Waals surface area contributed by atoms with Crippen molar-refractivity contribution in [2.45, 2.75) is 13.0 Å². The van der Waals surface area contributed by atoms with Crippen LogP contribution in [0, 0.1) is 11.8 Å². The molecule has 6 nitrogen and oxygen atoms in total. The summed E-state index contributed by atoms with van der Waals surface area (Å²) < 4.78 is 10.3. The maximum atomic E-state index is 11.6. The Morgan fingerprint density at radius 3 is 2.62 bits per heavy atom. The second-order valence-electron chi connectivity index (χ2n) is 5.31. The summed E-state index contributed by atoms with van der Waals surface area (Å²) in [4.78, 5) is 22.4. The van der Waals surface area contributed by atoms with E-state index in [2.05, 4.69) is 17.2 Å². The van der Waals surface area contributed by atoms with Gasteiger partial charge in [0.25, 0.3) is 0 Å². The summed E-state index contributed by atoms with van der Waals surface area (Å²) >= 11 is 0.